The van der Waals surface area contributed by atoms with Crippen LogP contribution in [-0.4, -0.2) is 66.5 Å². The maximum absolute atomic E-state index is 14.4. The molecule has 5 rings (SSSR count). The molecule has 1 saturated heterocycles. The third kappa shape index (κ3) is 4.61. The van der Waals surface area contributed by atoms with Crippen molar-refractivity contribution < 1.29 is 33.4 Å². The Hall–Kier alpha value is -2.73. The molecule has 0 amide bonds. The van der Waals surface area contributed by atoms with E-state index in [1.165, 1.54) is 29.9 Å². The van der Waals surface area contributed by atoms with Crippen LogP contribution in [0.15, 0.2) is 28.9 Å². The molecule has 0 bridgehead atoms. The van der Waals surface area contributed by atoms with Crippen LogP contribution in [0.5, 0.6) is 0 Å². The summed E-state index contributed by atoms with van der Waals surface area (Å²) >= 11 is 0. The highest BCUT2D eigenvalue weighted by Crippen LogP contribution is 2.36. The summed E-state index contributed by atoms with van der Waals surface area (Å²) in [5.74, 6) is -1.42. The van der Waals surface area contributed by atoms with Gasteiger partial charge in [0.1, 0.15) is 23.7 Å². The number of halogens is 2. The first-order chi connectivity index (χ1) is 16.9. The fraction of sp³-hybridized carbons (Fsp3) is 0.500. The van der Waals surface area contributed by atoms with Gasteiger partial charge >= 0.3 is 0 Å². The summed E-state index contributed by atoms with van der Waals surface area (Å²) in [5, 5.41) is 42.7. The van der Waals surface area contributed by atoms with E-state index < -0.39 is 48.7 Å². The molecule has 2 aromatic heterocycles. The van der Waals surface area contributed by atoms with E-state index in [4.69, 9.17) is 9.26 Å². The third-order valence-corrected chi connectivity index (χ3v) is 6.87. The number of aliphatic hydroxyl groups is 3. The van der Waals surface area contributed by atoms with Crippen LogP contribution < -0.4 is 0 Å². The number of nitrogens with zero attached hydrogens (tertiary/aromatic N) is 4. The van der Waals surface area contributed by atoms with Crippen LogP contribution in [0.4, 0.5) is 8.78 Å². The highest BCUT2D eigenvalue weighted by molar-refractivity contribution is 5.59. The van der Waals surface area contributed by atoms with Crippen molar-refractivity contribution in [3.05, 3.63) is 59.5 Å². The van der Waals surface area contributed by atoms with Crippen LogP contribution in [0.2, 0.25) is 0 Å². The van der Waals surface area contributed by atoms with Crippen molar-refractivity contribution >= 4 is 0 Å². The number of rotatable bonds is 6. The maximum atomic E-state index is 14.4. The predicted octanol–water partition coefficient (Wildman–Crippen LogP) is 2.26. The van der Waals surface area contributed by atoms with E-state index in [-0.39, 0.29) is 22.7 Å². The molecule has 3 aromatic rings. The van der Waals surface area contributed by atoms with Crippen LogP contribution >= 0.6 is 0 Å². The molecule has 2 unspecified atom stereocenters. The van der Waals surface area contributed by atoms with Crippen LogP contribution in [0.25, 0.3) is 11.3 Å². The van der Waals surface area contributed by atoms with Crippen LogP contribution in [0, 0.1) is 25.0 Å². The van der Waals surface area contributed by atoms with Gasteiger partial charge in [-0.05, 0) is 31.4 Å². The number of aromatic nitrogens is 4. The van der Waals surface area contributed by atoms with Gasteiger partial charge in [0.25, 0.3) is 0 Å². The lowest BCUT2D eigenvalue weighted by Crippen LogP contribution is -2.48. The minimum atomic E-state index is -1.15. The van der Waals surface area contributed by atoms with E-state index in [1.807, 2.05) is 0 Å². The first kappa shape index (κ1) is 24.0. The molecule has 3 heterocycles. The Morgan fingerprint density at radius 2 is 2.00 bits per heavy atom. The second kappa shape index (κ2) is 9.73. The minimum absolute atomic E-state index is 0.0413. The molecule has 1 radical (unpaired) electrons. The Kier molecular flexibility index (Phi) is 6.67. The second-order valence-electron chi connectivity index (χ2n) is 9.24. The van der Waals surface area contributed by atoms with Crippen molar-refractivity contribution in [2.45, 2.75) is 69.0 Å². The van der Waals surface area contributed by atoms with Gasteiger partial charge in [0, 0.05) is 30.4 Å². The van der Waals surface area contributed by atoms with Crippen LogP contribution in [-0.2, 0) is 11.2 Å². The largest absolute Gasteiger partial charge is 0.394 e. The Morgan fingerprint density at radius 1 is 1.17 bits per heavy atom. The zero-order valence-corrected chi connectivity index (χ0v) is 19.1. The summed E-state index contributed by atoms with van der Waals surface area (Å²) in [6.45, 7) is 1.04. The van der Waals surface area contributed by atoms with E-state index in [0.717, 1.165) is 19.3 Å². The van der Waals surface area contributed by atoms with Crippen molar-refractivity contribution in [3.63, 3.8) is 0 Å². The van der Waals surface area contributed by atoms with E-state index >= 15 is 0 Å². The van der Waals surface area contributed by atoms with Gasteiger partial charge in [-0.3, -0.25) is 0 Å². The summed E-state index contributed by atoms with van der Waals surface area (Å²) in [5.41, 5.74) is 0.866. The van der Waals surface area contributed by atoms with Crippen molar-refractivity contribution in [1.82, 2.24) is 20.2 Å². The van der Waals surface area contributed by atoms with Crippen LogP contribution in [0.3, 0.4) is 0 Å². The quantitative estimate of drug-likeness (QED) is 0.481. The zero-order chi connectivity index (χ0) is 24.7. The standard InChI is InChI=1S/C24H27F2N4O5/c1-12-5-6-15(23(26)22(12)25)17-10-30(29-27-17)18-9-14(34-21(11-31)24(18)33)7-13-8-20(35-28-13)16-3-2-4-19(16)32/h5-6,8-10,14,16,18-19,21,24,31-33H,2-4,7,11H2,1H3/t14-,16?,18-,19?,21+,24+/m0/s1. The smallest absolute Gasteiger partial charge is 0.168 e. The summed E-state index contributed by atoms with van der Waals surface area (Å²) < 4.78 is 41.1. The Balaban J connectivity index is 1.34. The molecule has 35 heavy (non-hydrogen) atoms. The number of ether oxygens (including phenoxy) is 1. The summed E-state index contributed by atoms with van der Waals surface area (Å²) in [6.07, 6.45) is 2.90. The number of benzene rings is 1. The Morgan fingerprint density at radius 3 is 2.74 bits per heavy atom. The predicted molar refractivity (Wildman–Crippen MR) is 118 cm³/mol. The monoisotopic (exact) mass is 489 g/mol. The van der Waals surface area contributed by atoms with Crippen molar-refractivity contribution in [2.75, 3.05) is 6.61 Å². The van der Waals surface area contributed by atoms with Gasteiger partial charge in [0.15, 0.2) is 11.6 Å². The van der Waals surface area contributed by atoms with Gasteiger partial charge in [-0.1, -0.05) is 22.9 Å². The number of aliphatic hydroxyl groups excluding tert-OH is 3. The average Bonchev–Trinajstić information content (AvgIpc) is 3.60. The molecular weight excluding hydrogens is 462 g/mol. The Bertz CT molecular complexity index is 1180. The molecule has 9 nitrogen and oxygen atoms in total. The van der Waals surface area contributed by atoms with Crippen molar-refractivity contribution in [1.29, 1.82) is 0 Å². The lowest BCUT2D eigenvalue weighted by molar-refractivity contribution is -0.131. The highest BCUT2D eigenvalue weighted by atomic mass is 19.2. The number of hydrogen-bond donors (Lipinski definition) is 3. The van der Waals surface area contributed by atoms with Gasteiger partial charge < -0.3 is 24.6 Å². The molecular formula is C24H27F2N4O5. The Labute approximate surface area is 200 Å². The SMILES string of the molecule is Cc1ccc(-c2cn([C@H]3[CH][C@H](Cc4cc(C5CCCC5O)on4)O[C@H](CO)[C@@H]3O)nn2)c(F)c1F. The summed E-state index contributed by atoms with van der Waals surface area (Å²) in [7, 11) is 0. The normalized spacial score (nSPS) is 29.1. The topological polar surface area (TPSA) is 127 Å². The second-order valence-corrected chi connectivity index (χ2v) is 9.24. The molecule has 6 atom stereocenters. The van der Waals surface area contributed by atoms with Gasteiger partial charge in [-0.25, -0.2) is 13.5 Å². The summed E-state index contributed by atoms with van der Waals surface area (Å²) in [6, 6.07) is 3.94. The van der Waals surface area contributed by atoms with E-state index in [1.54, 1.807) is 12.5 Å². The molecule has 1 aromatic carbocycles. The first-order valence-corrected chi connectivity index (χ1v) is 11.7. The average molecular weight is 489 g/mol. The lowest BCUT2D eigenvalue weighted by atomic mass is 9.93. The zero-order valence-electron chi connectivity index (χ0n) is 19.1. The minimum Gasteiger partial charge on any atom is -0.394 e. The number of aryl methyl sites for hydroxylation is 1. The third-order valence-electron chi connectivity index (χ3n) is 6.87. The molecule has 3 N–H and O–H groups in total. The van der Waals surface area contributed by atoms with Crippen molar-refractivity contribution in [2.24, 2.45) is 0 Å². The van der Waals surface area contributed by atoms with Crippen LogP contribution in [0.1, 0.15) is 48.2 Å². The van der Waals surface area contributed by atoms with E-state index in [0.29, 0.717) is 17.9 Å². The van der Waals surface area contributed by atoms with Gasteiger partial charge in [0.2, 0.25) is 0 Å². The van der Waals surface area contributed by atoms with E-state index in [2.05, 4.69) is 15.5 Å². The molecule has 2 aliphatic rings. The van der Waals surface area contributed by atoms with Gasteiger partial charge in [-0.2, -0.15) is 0 Å². The van der Waals surface area contributed by atoms with Gasteiger partial charge in [-0.15, -0.1) is 5.10 Å². The molecule has 1 aliphatic heterocycles. The highest BCUT2D eigenvalue weighted by Gasteiger charge is 2.40. The number of hydrogen-bond acceptors (Lipinski definition) is 8. The molecule has 0 spiro atoms. The summed E-state index contributed by atoms with van der Waals surface area (Å²) in [4.78, 5) is 0. The van der Waals surface area contributed by atoms with Crippen molar-refractivity contribution in [3.8, 4) is 11.3 Å². The lowest BCUT2D eigenvalue weighted by Gasteiger charge is -2.38. The molecule has 2 fully saturated rings. The maximum Gasteiger partial charge on any atom is 0.168 e. The van der Waals surface area contributed by atoms with Gasteiger partial charge in [0.05, 0.1) is 36.7 Å². The molecule has 187 valence electrons. The molecule has 1 saturated carbocycles. The fourth-order valence-electron chi connectivity index (χ4n) is 4.88. The fourth-order valence-corrected chi connectivity index (χ4v) is 4.88. The molecule has 1 aliphatic carbocycles. The van der Waals surface area contributed by atoms with E-state index in [9.17, 15) is 24.1 Å². The molecule has 11 heteroatoms. The first-order valence-electron chi connectivity index (χ1n) is 11.7.